The summed E-state index contributed by atoms with van der Waals surface area (Å²) in [5.74, 6) is 0. The lowest BCUT2D eigenvalue weighted by Gasteiger charge is -2.27. The highest BCUT2D eigenvalue weighted by molar-refractivity contribution is 7.89. The third-order valence-corrected chi connectivity index (χ3v) is 5.52. The van der Waals surface area contributed by atoms with Crippen LogP contribution in [0.2, 0.25) is 0 Å². The third-order valence-electron chi connectivity index (χ3n) is 3.29. The molecule has 0 aromatic heterocycles. The molecule has 0 aliphatic heterocycles. The van der Waals surface area contributed by atoms with E-state index in [4.69, 9.17) is 10.5 Å². The molecule has 0 aliphatic rings. The molecule has 1 aromatic carbocycles. The van der Waals surface area contributed by atoms with Crippen LogP contribution in [0, 0.1) is 6.92 Å². The minimum absolute atomic E-state index is 0.212. The lowest BCUT2D eigenvalue weighted by Crippen LogP contribution is -2.41. The molecule has 114 valence electrons. The summed E-state index contributed by atoms with van der Waals surface area (Å²) in [6.07, 6.45) is 0. The molecule has 0 aliphatic carbocycles. The van der Waals surface area contributed by atoms with Crippen LogP contribution in [0.1, 0.15) is 25.0 Å². The van der Waals surface area contributed by atoms with Gasteiger partial charge in [0.15, 0.2) is 0 Å². The Morgan fingerprint density at radius 3 is 2.55 bits per heavy atom. The summed E-state index contributed by atoms with van der Waals surface area (Å²) in [5.41, 5.74) is 7.14. The molecular formula is C14H24N2O3S. The molecule has 0 heterocycles. The first-order valence-electron chi connectivity index (χ1n) is 6.68. The molecule has 0 spiro atoms. The van der Waals surface area contributed by atoms with Crippen LogP contribution in [-0.4, -0.2) is 39.0 Å². The summed E-state index contributed by atoms with van der Waals surface area (Å²) in [5, 5.41) is 0. The zero-order chi connectivity index (χ0) is 15.3. The Morgan fingerprint density at radius 2 is 2.05 bits per heavy atom. The van der Waals surface area contributed by atoms with Gasteiger partial charge in [0.05, 0.1) is 11.5 Å². The van der Waals surface area contributed by atoms with Crippen LogP contribution in [0.5, 0.6) is 0 Å². The number of nitrogens with zero attached hydrogens (tertiary/aromatic N) is 1. The van der Waals surface area contributed by atoms with Gasteiger partial charge in [0.2, 0.25) is 10.0 Å². The quantitative estimate of drug-likeness (QED) is 0.828. The third kappa shape index (κ3) is 3.58. The van der Waals surface area contributed by atoms with Crippen LogP contribution in [0.4, 0.5) is 0 Å². The summed E-state index contributed by atoms with van der Waals surface area (Å²) in [6.45, 7) is 6.55. The van der Waals surface area contributed by atoms with Crippen molar-refractivity contribution in [1.29, 1.82) is 0 Å². The van der Waals surface area contributed by atoms with Crippen molar-refractivity contribution in [3.05, 3.63) is 29.3 Å². The van der Waals surface area contributed by atoms with Gasteiger partial charge >= 0.3 is 0 Å². The van der Waals surface area contributed by atoms with Crippen molar-refractivity contribution in [2.45, 2.75) is 38.3 Å². The molecule has 1 atom stereocenters. The first-order chi connectivity index (χ1) is 9.38. The molecule has 0 bridgehead atoms. The van der Waals surface area contributed by atoms with Crippen molar-refractivity contribution in [1.82, 2.24) is 4.31 Å². The number of hydrogen-bond acceptors (Lipinski definition) is 4. The van der Waals surface area contributed by atoms with E-state index >= 15 is 0 Å². The number of benzene rings is 1. The predicted octanol–water partition coefficient (Wildman–Crippen LogP) is 1.50. The standard InChI is InChI=1S/C14H24N2O3S/c1-5-16(12(3)10-19-4)20(17,18)14-8-13(9-15)7-6-11(14)2/h6-8,12H,5,9-10,15H2,1-4H3. The molecule has 20 heavy (non-hydrogen) atoms. The topological polar surface area (TPSA) is 72.6 Å². The van der Waals surface area contributed by atoms with Crippen LogP contribution in [0.3, 0.4) is 0 Å². The van der Waals surface area contributed by atoms with Gasteiger partial charge in [-0.3, -0.25) is 0 Å². The fraction of sp³-hybridized carbons (Fsp3) is 0.571. The first kappa shape index (κ1) is 17.1. The summed E-state index contributed by atoms with van der Waals surface area (Å²) < 4.78 is 32.1. The molecule has 0 saturated heterocycles. The Balaban J connectivity index is 3.26. The van der Waals surface area contributed by atoms with Crippen LogP contribution >= 0.6 is 0 Å². The Morgan fingerprint density at radius 1 is 1.40 bits per heavy atom. The largest absolute Gasteiger partial charge is 0.383 e. The van der Waals surface area contributed by atoms with Crippen LogP contribution in [-0.2, 0) is 21.3 Å². The number of likely N-dealkylation sites (N-methyl/N-ethyl adjacent to an activating group) is 1. The van der Waals surface area contributed by atoms with Gasteiger partial charge < -0.3 is 10.5 Å². The van der Waals surface area contributed by atoms with Crippen LogP contribution < -0.4 is 5.73 Å². The Labute approximate surface area is 121 Å². The Hall–Kier alpha value is -0.950. The number of ether oxygens (including phenoxy) is 1. The molecule has 0 amide bonds. The van der Waals surface area contributed by atoms with Gasteiger partial charge in [-0.25, -0.2) is 8.42 Å². The van der Waals surface area contributed by atoms with Crippen LogP contribution in [0.25, 0.3) is 0 Å². The van der Waals surface area contributed by atoms with E-state index in [0.29, 0.717) is 24.6 Å². The van der Waals surface area contributed by atoms with Crippen molar-refractivity contribution in [2.24, 2.45) is 5.73 Å². The molecule has 5 nitrogen and oxygen atoms in total. The molecule has 2 N–H and O–H groups in total. The van der Waals surface area contributed by atoms with Gasteiger partial charge in [-0.15, -0.1) is 0 Å². The monoisotopic (exact) mass is 300 g/mol. The van der Waals surface area contributed by atoms with E-state index in [-0.39, 0.29) is 6.04 Å². The second-order valence-electron chi connectivity index (χ2n) is 4.82. The van der Waals surface area contributed by atoms with Gasteiger partial charge in [-0.05, 0) is 31.0 Å². The van der Waals surface area contributed by atoms with E-state index < -0.39 is 10.0 Å². The minimum atomic E-state index is -3.54. The maximum atomic E-state index is 12.8. The smallest absolute Gasteiger partial charge is 0.243 e. The predicted molar refractivity (Wildman–Crippen MR) is 80.0 cm³/mol. The summed E-state index contributed by atoms with van der Waals surface area (Å²) in [7, 11) is -1.97. The summed E-state index contributed by atoms with van der Waals surface area (Å²) >= 11 is 0. The van der Waals surface area contributed by atoms with E-state index in [1.165, 1.54) is 4.31 Å². The first-order valence-corrected chi connectivity index (χ1v) is 8.12. The van der Waals surface area contributed by atoms with Gasteiger partial charge in [0.25, 0.3) is 0 Å². The van der Waals surface area contributed by atoms with Gasteiger partial charge in [0, 0.05) is 26.2 Å². The molecule has 1 rings (SSSR count). The Bertz CT molecular complexity index is 543. The molecule has 6 heteroatoms. The minimum Gasteiger partial charge on any atom is -0.383 e. The average Bonchev–Trinajstić information content (AvgIpc) is 2.39. The van der Waals surface area contributed by atoms with E-state index in [0.717, 1.165) is 11.1 Å². The lowest BCUT2D eigenvalue weighted by molar-refractivity contribution is 0.142. The molecule has 0 radical (unpaired) electrons. The molecule has 0 saturated carbocycles. The summed E-state index contributed by atoms with van der Waals surface area (Å²) in [4.78, 5) is 0.324. The van der Waals surface area contributed by atoms with E-state index in [2.05, 4.69) is 0 Å². The highest BCUT2D eigenvalue weighted by Crippen LogP contribution is 2.23. The fourth-order valence-corrected chi connectivity index (χ4v) is 4.12. The number of sulfonamides is 1. The van der Waals surface area contributed by atoms with E-state index in [1.54, 1.807) is 26.2 Å². The second kappa shape index (κ2) is 7.17. The zero-order valence-electron chi connectivity index (χ0n) is 12.6. The van der Waals surface area contributed by atoms with Crippen molar-refractivity contribution in [3.63, 3.8) is 0 Å². The van der Waals surface area contributed by atoms with E-state index in [1.807, 2.05) is 19.9 Å². The normalized spacial score (nSPS) is 13.7. The maximum absolute atomic E-state index is 12.8. The number of hydrogen-bond donors (Lipinski definition) is 1. The number of rotatable bonds is 7. The van der Waals surface area contributed by atoms with Crippen molar-refractivity contribution in [3.8, 4) is 0 Å². The van der Waals surface area contributed by atoms with Crippen molar-refractivity contribution in [2.75, 3.05) is 20.3 Å². The molecular weight excluding hydrogens is 276 g/mol. The number of nitrogens with two attached hydrogens (primary N) is 1. The molecule has 0 fully saturated rings. The SMILES string of the molecule is CCN(C(C)COC)S(=O)(=O)c1cc(CN)ccc1C. The highest BCUT2D eigenvalue weighted by Gasteiger charge is 2.29. The van der Waals surface area contributed by atoms with Crippen LogP contribution in [0.15, 0.2) is 23.1 Å². The highest BCUT2D eigenvalue weighted by atomic mass is 32.2. The summed E-state index contributed by atoms with van der Waals surface area (Å²) in [6, 6.07) is 5.09. The van der Waals surface area contributed by atoms with E-state index in [9.17, 15) is 8.42 Å². The molecule has 1 aromatic rings. The number of aryl methyl sites for hydroxylation is 1. The van der Waals surface area contributed by atoms with Crippen molar-refractivity contribution < 1.29 is 13.2 Å². The molecule has 1 unspecified atom stereocenters. The van der Waals surface area contributed by atoms with Crippen molar-refractivity contribution >= 4 is 10.0 Å². The Kier molecular flexibility index (Phi) is 6.13. The van der Waals surface area contributed by atoms with Gasteiger partial charge in [0.1, 0.15) is 0 Å². The number of methoxy groups -OCH3 is 1. The maximum Gasteiger partial charge on any atom is 0.243 e. The average molecular weight is 300 g/mol. The fourth-order valence-electron chi connectivity index (χ4n) is 2.22. The van der Waals surface area contributed by atoms with Gasteiger partial charge in [-0.1, -0.05) is 19.1 Å². The lowest BCUT2D eigenvalue weighted by atomic mass is 10.1. The second-order valence-corrected chi connectivity index (χ2v) is 6.68. The van der Waals surface area contributed by atoms with Gasteiger partial charge in [-0.2, -0.15) is 4.31 Å². The zero-order valence-corrected chi connectivity index (χ0v) is 13.4.